The quantitative estimate of drug-likeness (QED) is 0.0169. The molecule has 0 radical (unpaired) electrons. The van der Waals surface area contributed by atoms with Gasteiger partial charge in [-0.15, -0.1) is 0 Å². The molecule has 0 rings (SSSR count). The van der Waals surface area contributed by atoms with Crippen molar-refractivity contribution in [2.24, 2.45) is 17.8 Å². The van der Waals surface area contributed by atoms with E-state index >= 15 is 0 Å². The van der Waals surface area contributed by atoms with Crippen LogP contribution in [-0.2, 0) is 65.4 Å². The van der Waals surface area contributed by atoms with Crippen LogP contribution in [0, 0.1) is 17.8 Å². The number of aliphatic hydroxyl groups excluding tert-OH is 1. The normalized spacial score (nSPS) is 14.2. The van der Waals surface area contributed by atoms with Gasteiger partial charge in [0.1, 0.15) is 19.3 Å². The van der Waals surface area contributed by atoms with Crippen molar-refractivity contribution in [2.75, 3.05) is 39.6 Å². The summed E-state index contributed by atoms with van der Waals surface area (Å²) in [5.74, 6) is 0.100. The summed E-state index contributed by atoms with van der Waals surface area (Å²) in [7, 11) is -9.93. The Morgan fingerprint density at radius 2 is 0.562 bits per heavy atom. The summed E-state index contributed by atoms with van der Waals surface area (Å²) in [6, 6.07) is 0. The Morgan fingerprint density at radius 1 is 0.323 bits per heavy atom. The molecule has 0 aromatic carbocycles. The fraction of sp³-hybridized carbons (Fsp3) is 0.896. The van der Waals surface area contributed by atoms with Crippen molar-refractivity contribution < 1.29 is 80.2 Å². The molecule has 5 atom stereocenters. The molecule has 0 fully saturated rings. The molecule has 566 valence electrons. The van der Waals surface area contributed by atoms with Gasteiger partial charge in [-0.2, -0.15) is 0 Å². The second-order valence-corrected chi connectivity index (χ2v) is 31.4. The summed E-state index contributed by atoms with van der Waals surface area (Å²) in [6.45, 7) is 11.8. The average Bonchev–Trinajstić information content (AvgIpc) is 1.24. The van der Waals surface area contributed by atoms with Gasteiger partial charge in [0, 0.05) is 25.7 Å². The molecule has 96 heavy (non-hydrogen) atoms. The summed E-state index contributed by atoms with van der Waals surface area (Å²) in [5.41, 5.74) is 0. The first-order valence-electron chi connectivity index (χ1n) is 39.2. The van der Waals surface area contributed by atoms with Crippen molar-refractivity contribution in [1.82, 2.24) is 0 Å². The number of aliphatic hydroxyl groups is 1. The smallest absolute Gasteiger partial charge is 0.462 e. The number of phosphoric acid groups is 2. The summed E-state index contributed by atoms with van der Waals surface area (Å²) >= 11 is 0. The summed E-state index contributed by atoms with van der Waals surface area (Å²) < 4.78 is 68.5. The van der Waals surface area contributed by atoms with Crippen LogP contribution in [0.25, 0.3) is 0 Å². The van der Waals surface area contributed by atoms with Crippen LogP contribution in [0.3, 0.4) is 0 Å². The van der Waals surface area contributed by atoms with Gasteiger partial charge in [-0.25, -0.2) is 9.13 Å². The summed E-state index contributed by atoms with van der Waals surface area (Å²) in [4.78, 5) is 72.8. The van der Waals surface area contributed by atoms with Gasteiger partial charge in [-0.3, -0.25) is 37.3 Å². The van der Waals surface area contributed by atoms with Crippen LogP contribution in [0.1, 0.15) is 370 Å². The van der Waals surface area contributed by atoms with Gasteiger partial charge in [0.25, 0.3) is 0 Å². The summed E-state index contributed by atoms with van der Waals surface area (Å²) in [5, 5.41) is 10.6. The maximum absolute atomic E-state index is 13.1. The van der Waals surface area contributed by atoms with Gasteiger partial charge in [0.2, 0.25) is 0 Å². The fourth-order valence-electron chi connectivity index (χ4n) is 11.2. The van der Waals surface area contributed by atoms with Crippen LogP contribution in [0.4, 0.5) is 0 Å². The third kappa shape index (κ3) is 70.0. The number of hydrogen-bond donors (Lipinski definition) is 3. The molecule has 0 aromatic heterocycles. The monoisotopic (exact) mass is 1410 g/mol. The lowest BCUT2D eigenvalue weighted by molar-refractivity contribution is -0.161. The Bertz CT molecular complexity index is 1960. The van der Waals surface area contributed by atoms with E-state index in [0.29, 0.717) is 31.6 Å². The van der Waals surface area contributed by atoms with Crippen molar-refractivity contribution in [3.63, 3.8) is 0 Å². The van der Waals surface area contributed by atoms with Gasteiger partial charge >= 0.3 is 39.5 Å². The van der Waals surface area contributed by atoms with E-state index in [1.807, 2.05) is 0 Å². The minimum Gasteiger partial charge on any atom is -0.462 e. The van der Waals surface area contributed by atoms with Crippen molar-refractivity contribution in [1.29, 1.82) is 0 Å². The van der Waals surface area contributed by atoms with E-state index in [1.165, 1.54) is 161 Å². The lowest BCUT2D eigenvalue weighted by Crippen LogP contribution is -2.30. The van der Waals surface area contributed by atoms with E-state index in [2.05, 4.69) is 72.8 Å². The maximum atomic E-state index is 13.1. The third-order valence-corrected chi connectivity index (χ3v) is 19.2. The highest BCUT2D eigenvalue weighted by Gasteiger charge is 2.30. The molecule has 0 saturated carbocycles. The molecule has 0 aromatic rings. The summed E-state index contributed by atoms with van der Waals surface area (Å²) in [6.07, 6.45) is 56.4. The van der Waals surface area contributed by atoms with Crippen LogP contribution < -0.4 is 0 Å². The average molecular weight is 1410 g/mol. The predicted molar refractivity (Wildman–Crippen MR) is 390 cm³/mol. The molecule has 0 aliphatic rings. The van der Waals surface area contributed by atoms with Gasteiger partial charge in [-0.1, -0.05) is 317 Å². The maximum Gasteiger partial charge on any atom is 0.472 e. The van der Waals surface area contributed by atoms with E-state index in [0.717, 1.165) is 121 Å². The van der Waals surface area contributed by atoms with E-state index < -0.39 is 97.5 Å². The Kier molecular flexibility index (Phi) is 65.3. The minimum absolute atomic E-state index is 0.0837. The van der Waals surface area contributed by atoms with Crippen molar-refractivity contribution in [3.8, 4) is 0 Å². The van der Waals surface area contributed by atoms with Crippen LogP contribution >= 0.6 is 15.6 Å². The molecule has 0 heterocycles. The van der Waals surface area contributed by atoms with E-state index in [1.54, 1.807) is 0 Å². The molecule has 3 N–H and O–H groups in total. The molecular weight excluding hydrogens is 1260 g/mol. The number of ether oxygens (including phenoxy) is 4. The van der Waals surface area contributed by atoms with Crippen molar-refractivity contribution in [3.05, 3.63) is 24.3 Å². The Morgan fingerprint density at radius 3 is 0.844 bits per heavy atom. The highest BCUT2D eigenvalue weighted by molar-refractivity contribution is 7.47. The number of carbonyl (C=O) groups excluding carboxylic acids is 4. The molecule has 0 spiro atoms. The molecule has 0 saturated heterocycles. The molecule has 17 nitrogen and oxygen atoms in total. The first-order valence-corrected chi connectivity index (χ1v) is 42.2. The number of carbonyl (C=O) groups is 4. The first-order chi connectivity index (χ1) is 46.2. The van der Waals surface area contributed by atoms with Gasteiger partial charge in [-0.05, 0) is 69.1 Å². The molecule has 2 unspecified atom stereocenters. The zero-order valence-electron chi connectivity index (χ0n) is 62.3. The topological polar surface area (TPSA) is 237 Å². The number of rotatable bonds is 73. The van der Waals surface area contributed by atoms with Crippen LogP contribution in [0.15, 0.2) is 24.3 Å². The highest BCUT2D eigenvalue weighted by Crippen LogP contribution is 2.45. The Hall–Kier alpha value is -2.46. The molecular formula is C77H146O17P2. The minimum atomic E-state index is -4.96. The zero-order valence-corrected chi connectivity index (χ0v) is 64.1. The van der Waals surface area contributed by atoms with E-state index in [4.69, 9.17) is 37.0 Å². The Balaban J connectivity index is 5.27. The first kappa shape index (κ1) is 93.5. The third-order valence-electron chi connectivity index (χ3n) is 17.3. The van der Waals surface area contributed by atoms with Gasteiger partial charge in [0.05, 0.1) is 26.4 Å². The number of phosphoric ester groups is 2. The lowest BCUT2D eigenvalue weighted by atomic mass is 10.0. The standard InChI is InChI=1S/C77H146O17P2/c1-8-9-10-11-12-13-14-15-16-21-27-32-37-46-53-60-77(82)94-73(65-88-75(80)59-52-45-40-39-43-50-57-70(6)7)67-92-96(85,86)90-63-71(78)62-89-95(83,84)91-66-72(93-76(81)61-54-47-38-33-28-23-22-25-30-35-42-49-56-69(4)5)64-87-74(79)58-51-44-36-31-26-20-18-17-19-24-29-34-41-48-55-68(2)3/h13-16,68-73,78H,8-12,17-67H2,1-7H3,(H,83,84)(H,85,86)/b14-13-,16-15-/t71-,72-,73-/m1/s1. The number of hydrogen-bond acceptors (Lipinski definition) is 15. The van der Waals surface area contributed by atoms with Crippen molar-refractivity contribution >= 4 is 39.5 Å². The second-order valence-electron chi connectivity index (χ2n) is 28.5. The molecule has 19 heteroatoms. The largest absolute Gasteiger partial charge is 0.472 e. The van der Waals surface area contributed by atoms with Gasteiger partial charge in [0.15, 0.2) is 12.2 Å². The number of allylic oxidation sites excluding steroid dienone is 4. The fourth-order valence-corrected chi connectivity index (χ4v) is 12.8. The molecule has 0 aliphatic carbocycles. The van der Waals surface area contributed by atoms with Crippen LogP contribution in [0.5, 0.6) is 0 Å². The highest BCUT2D eigenvalue weighted by atomic mass is 31.2. The predicted octanol–water partition coefficient (Wildman–Crippen LogP) is 22.1. The van der Waals surface area contributed by atoms with Crippen LogP contribution in [0.2, 0.25) is 0 Å². The van der Waals surface area contributed by atoms with E-state index in [-0.39, 0.29) is 25.7 Å². The number of esters is 4. The molecule has 0 aliphatic heterocycles. The molecule has 0 bridgehead atoms. The second kappa shape index (κ2) is 67.1. The van der Waals surface area contributed by atoms with Crippen LogP contribution in [-0.4, -0.2) is 96.7 Å². The zero-order chi connectivity index (χ0) is 70.9. The Labute approximate surface area is 586 Å². The van der Waals surface area contributed by atoms with Gasteiger partial charge < -0.3 is 33.8 Å². The molecule has 0 amide bonds. The lowest BCUT2D eigenvalue weighted by Gasteiger charge is -2.21. The van der Waals surface area contributed by atoms with E-state index in [9.17, 15) is 43.2 Å². The van der Waals surface area contributed by atoms with Crippen molar-refractivity contribution in [2.45, 2.75) is 388 Å². The number of unbranched alkanes of at least 4 members (excludes halogenated alkanes) is 38. The SMILES string of the molecule is CCCCCC/C=C\C=C/CCCCCCCC(=O)O[C@H](COC(=O)CCCCCCCCC(C)C)COP(=O)(O)OC[C@H](O)COP(=O)(O)OC[C@@H](COC(=O)CCCCCCCCCCCCCCCCC(C)C)OC(=O)CCCCCCCCCCCCCCC(C)C.